The predicted octanol–water partition coefficient (Wildman–Crippen LogP) is 6.04. The molecule has 0 aromatic heterocycles. The molecule has 3 aromatic rings. The SMILES string of the molecule is O=S(=O)(C/C(=N\OCc1c(Cl)cccc1Cl)c1ccccc1)c1ccc(Cl)cc1. The molecule has 0 radical (unpaired) electrons. The largest absolute Gasteiger partial charge is 0.391 e. The molecular weight excluding hydrogens is 453 g/mol. The Kier molecular flexibility index (Phi) is 7.19. The maximum absolute atomic E-state index is 12.8. The smallest absolute Gasteiger partial charge is 0.184 e. The number of halogens is 3. The van der Waals surface area contributed by atoms with E-state index in [0.29, 0.717) is 26.2 Å². The van der Waals surface area contributed by atoms with E-state index in [0.717, 1.165) is 0 Å². The van der Waals surface area contributed by atoms with Crippen LogP contribution < -0.4 is 0 Å². The molecule has 0 atom stereocenters. The van der Waals surface area contributed by atoms with Crippen LogP contribution in [-0.4, -0.2) is 19.9 Å². The Morgan fingerprint density at radius 3 is 2.07 bits per heavy atom. The summed E-state index contributed by atoms with van der Waals surface area (Å²) >= 11 is 18.1. The third-order valence-corrected chi connectivity index (χ3v) is 6.66. The first-order chi connectivity index (χ1) is 13.9. The van der Waals surface area contributed by atoms with Crippen LogP contribution in [0.3, 0.4) is 0 Å². The summed E-state index contributed by atoms with van der Waals surface area (Å²) in [6.07, 6.45) is 0. The minimum absolute atomic E-state index is 0.00975. The highest BCUT2D eigenvalue weighted by Gasteiger charge is 2.20. The summed E-state index contributed by atoms with van der Waals surface area (Å²) in [6, 6.07) is 20.1. The second kappa shape index (κ2) is 9.63. The third-order valence-electron chi connectivity index (χ3n) is 4.05. The van der Waals surface area contributed by atoms with Crippen molar-refractivity contribution in [3.63, 3.8) is 0 Å². The lowest BCUT2D eigenvalue weighted by Gasteiger charge is -2.10. The number of rotatable bonds is 7. The van der Waals surface area contributed by atoms with Crippen LogP contribution in [0.4, 0.5) is 0 Å². The van der Waals surface area contributed by atoms with Gasteiger partial charge in [-0.1, -0.05) is 76.4 Å². The average Bonchev–Trinajstić information content (AvgIpc) is 2.70. The summed E-state index contributed by atoms with van der Waals surface area (Å²) in [5.74, 6) is -0.338. The number of hydrogen-bond acceptors (Lipinski definition) is 4. The zero-order chi connectivity index (χ0) is 20.9. The fourth-order valence-corrected chi connectivity index (χ4v) is 4.47. The van der Waals surface area contributed by atoms with Gasteiger partial charge in [-0.25, -0.2) is 8.42 Å². The van der Waals surface area contributed by atoms with E-state index in [4.69, 9.17) is 39.6 Å². The van der Waals surface area contributed by atoms with E-state index in [1.165, 1.54) is 24.3 Å². The molecule has 3 rings (SSSR count). The van der Waals surface area contributed by atoms with E-state index in [2.05, 4.69) is 5.16 Å². The summed E-state index contributed by atoms with van der Waals surface area (Å²) in [7, 11) is -3.66. The van der Waals surface area contributed by atoms with E-state index in [1.807, 2.05) is 6.07 Å². The van der Waals surface area contributed by atoms with Crippen LogP contribution in [-0.2, 0) is 21.3 Å². The lowest BCUT2D eigenvalue weighted by Crippen LogP contribution is -2.18. The fraction of sp³-hybridized carbons (Fsp3) is 0.0952. The van der Waals surface area contributed by atoms with E-state index >= 15 is 0 Å². The highest BCUT2D eigenvalue weighted by molar-refractivity contribution is 7.92. The Morgan fingerprint density at radius 1 is 0.828 bits per heavy atom. The number of nitrogens with zero attached hydrogens (tertiary/aromatic N) is 1. The quantitative estimate of drug-likeness (QED) is 0.314. The van der Waals surface area contributed by atoms with Gasteiger partial charge in [-0.05, 0) is 36.4 Å². The van der Waals surface area contributed by atoms with Crippen LogP contribution in [0.5, 0.6) is 0 Å². The van der Waals surface area contributed by atoms with E-state index in [1.54, 1.807) is 42.5 Å². The first-order valence-corrected chi connectivity index (χ1v) is 11.3. The summed E-state index contributed by atoms with van der Waals surface area (Å²) in [5.41, 5.74) is 1.48. The normalized spacial score (nSPS) is 12.0. The zero-order valence-corrected chi connectivity index (χ0v) is 18.1. The van der Waals surface area contributed by atoms with Gasteiger partial charge in [0.25, 0.3) is 0 Å². The van der Waals surface area contributed by atoms with Crippen molar-refractivity contribution in [2.24, 2.45) is 5.16 Å². The van der Waals surface area contributed by atoms with Gasteiger partial charge in [0.2, 0.25) is 0 Å². The number of hydrogen-bond donors (Lipinski definition) is 0. The van der Waals surface area contributed by atoms with Gasteiger partial charge < -0.3 is 4.84 Å². The standard InChI is InChI=1S/C21H16Cl3NO3S/c22-16-9-11-17(12-10-16)29(26,27)14-21(15-5-2-1-3-6-15)25-28-13-18-19(23)7-4-8-20(18)24/h1-12H,13-14H2/b25-21+. The van der Waals surface area contributed by atoms with Crippen LogP contribution in [0.2, 0.25) is 15.1 Å². The fourth-order valence-electron chi connectivity index (χ4n) is 2.54. The Morgan fingerprint density at radius 2 is 1.45 bits per heavy atom. The Balaban J connectivity index is 1.87. The first-order valence-electron chi connectivity index (χ1n) is 8.52. The van der Waals surface area contributed by atoms with Gasteiger partial charge in [0, 0.05) is 26.2 Å². The number of oxime groups is 1. The van der Waals surface area contributed by atoms with Crippen LogP contribution in [0, 0.1) is 0 Å². The van der Waals surface area contributed by atoms with Crippen molar-refractivity contribution in [1.29, 1.82) is 0 Å². The van der Waals surface area contributed by atoms with Gasteiger partial charge in [0.05, 0.1) is 4.90 Å². The summed E-state index contributed by atoms with van der Waals surface area (Å²) < 4.78 is 25.7. The van der Waals surface area contributed by atoms with E-state index < -0.39 is 9.84 Å². The molecule has 0 saturated heterocycles. The van der Waals surface area contributed by atoms with Gasteiger partial charge in [0.15, 0.2) is 9.84 Å². The Hall–Kier alpha value is -2.05. The molecule has 4 nitrogen and oxygen atoms in total. The van der Waals surface area contributed by atoms with Crippen LogP contribution >= 0.6 is 34.8 Å². The molecule has 8 heteroatoms. The lowest BCUT2D eigenvalue weighted by atomic mass is 10.1. The second-order valence-electron chi connectivity index (χ2n) is 6.09. The second-order valence-corrected chi connectivity index (χ2v) is 9.33. The van der Waals surface area contributed by atoms with Crippen LogP contribution in [0.25, 0.3) is 0 Å². The van der Waals surface area contributed by atoms with Crippen molar-refractivity contribution in [1.82, 2.24) is 0 Å². The van der Waals surface area contributed by atoms with Crippen molar-refractivity contribution in [3.8, 4) is 0 Å². The van der Waals surface area contributed by atoms with Crippen molar-refractivity contribution in [2.75, 3.05) is 5.75 Å². The highest BCUT2D eigenvalue weighted by atomic mass is 35.5. The molecule has 0 aliphatic rings. The lowest BCUT2D eigenvalue weighted by molar-refractivity contribution is 0.130. The van der Waals surface area contributed by atoms with Crippen LogP contribution in [0.15, 0.2) is 82.8 Å². The summed E-state index contributed by atoms with van der Waals surface area (Å²) in [4.78, 5) is 5.58. The molecule has 0 spiro atoms. The van der Waals surface area contributed by atoms with Gasteiger partial charge >= 0.3 is 0 Å². The molecule has 0 N–H and O–H groups in total. The summed E-state index contributed by atoms with van der Waals surface area (Å²) in [6.45, 7) is 0.00975. The molecule has 29 heavy (non-hydrogen) atoms. The molecule has 3 aromatic carbocycles. The summed E-state index contributed by atoms with van der Waals surface area (Å²) in [5, 5.41) is 5.45. The molecule has 0 aliphatic carbocycles. The number of benzene rings is 3. The van der Waals surface area contributed by atoms with Gasteiger partial charge in [-0.15, -0.1) is 0 Å². The minimum Gasteiger partial charge on any atom is -0.391 e. The maximum Gasteiger partial charge on any atom is 0.184 e. The molecule has 0 aliphatic heterocycles. The molecular formula is C21H16Cl3NO3S. The first kappa shape index (κ1) is 21.7. The molecule has 0 fully saturated rings. The maximum atomic E-state index is 12.8. The number of sulfone groups is 1. The van der Waals surface area contributed by atoms with Crippen molar-refractivity contribution in [3.05, 3.63) is 99.0 Å². The van der Waals surface area contributed by atoms with E-state index in [-0.39, 0.29) is 23.0 Å². The van der Waals surface area contributed by atoms with Crippen LogP contribution in [0.1, 0.15) is 11.1 Å². The van der Waals surface area contributed by atoms with Gasteiger partial charge in [-0.3, -0.25) is 0 Å². The highest BCUT2D eigenvalue weighted by Crippen LogP contribution is 2.25. The Labute approximate surface area is 184 Å². The van der Waals surface area contributed by atoms with Crippen molar-refractivity contribution in [2.45, 2.75) is 11.5 Å². The average molecular weight is 469 g/mol. The third kappa shape index (κ3) is 5.73. The van der Waals surface area contributed by atoms with E-state index in [9.17, 15) is 8.42 Å². The monoisotopic (exact) mass is 467 g/mol. The molecule has 0 saturated carbocycles. The molecule has 0 heterocycles. The Bertz CT molecular complexity index is 1100. The minimum atomic E-state index is -3.66. The van der Waals surface area contributed by atoms with Crippen molar-refractivity contribution >= 4 is 50.4 Å². The molecule has 0 amide bonds. The topological polar surface area (TPSA) is 55.7 Å². The molecule has 150 valence electrons. The van der Waals surface area contributed by atoms with Crippen molar-refractivity contribution < 1.29 is 13.3 Å². The predicted molar refractivity (Wildman–Crippen MR) is 118 cm³/mol. The molecule has 0 bridgehead atoms. The van der Waals surface area contributed by atoms with Gasteiger partial charge in [0.1, 0.15) is 18.1 Å². The molecule has 0 unspecified atom stereocenters. The van der Waals surface area contributed by atoms with Gasteiger partial charge in [-0.2, -0.15) is 0 Å². The zero-order valence-electron chi connectivity index (χ0n) is 15.1.